The predicted octanol–water partition coefficient (Wildman–Crippen LogP) is 3.72. The quantitative estimate of drug-likeness (QED) is 0.322. The van der Waals surface area contributed by atoms with E-state index in [4.69, 9.17) is 4.74 Å². The third-order valence-corrected chi connectivity index (χ3v) is 6.40. The summed E-state index contributed by atoms with van der Waals surface area (Å²) in [5.74, 6) is 0.0522. The van der Waals surface area contributed by atoms with Crippen molar-refractivity contribution >= 4 is 40.0 Å². The van der Waals surface area contributed by atoms with Gasteiger partial charge >= 0.3 is 5.97 Å². The molecular weight excluding hydrogens is 422 g/mol. The largest absolute Gasteiger partial charge is 0.465 e. The molecule has 0 aromatic carbocycles. The fourth-order valence-electron chi connectivity index (χ4n) is 2.75. The van der Waals surface area contributed by atoms with E-state index < -0.39 is 5.97 Å². The van der Waals surface area contributed by atoms with Crippen molar-refractivity contribution in [1.82, 2.24) is 19.7 Å². The number of thioether (sulfide) groups is 1. The first kappa shape index (κ1) is 21.7. The van der Waals surface area contributed by atoms with Gasteiger partial charge in [0.25, 0.3) is 0 Å². The minimum absolute atomic E-state index is 0.110. The molecular formula is C20H21N5O3S2. The molecule has 0 aliphatic rings. The summed E-state index contributed by atoms with van der Waals surface area (Å²) >= 11 is 2.61. The van der Waals surface area contributed by atoms with Gasteiger partial charge in [-0.3, -0.25) is 14.3 Å². The molecule has 0 radical (unpaired) electrons. The molecule has 3 heterocycles. The van der Waals surface area contributed by atoms with Gasteiger partial charge in [0.1, 0.15) is 5.00 Å². The molecule has 0 saturated carbocycles. The third-order valence-electron chi connectivity index (χ3n) is 4.31. The van der Waals surface area contributed by atoms with Crippen molar-refractivity contribution in [3.05, 3.63) is 53.2 Å². The number of hydrogen-bond donors (Lipinski definition) is 1. The van der Waals surface area contributed by atoms with Crippen molar-refractivity contribution < 1.29 is 14.3 Å². The van der Waals surface area contributed by atoms with E-state index >= 15 is 0 Å². The Balaban J connectivity index is 1.74. The molecule has 0 atom stereocenters. The first-order valence-corrected chi connectivity index (χ1v) is 10.8. The van der Waals surface area contributed by atoms with Crippen molar-refractivity contribution in [2.45, 2.75) is 25.5 Å². The highest BCUT2D eigenvalue weighted by Gasteiger charge is 2.22. The molecule has 8 nitrogen and oxygen atoms in total. The number of pyridine rings is 1. The van der Waals surface area contributed by atoms with Gasteiger partial charge in [-0.15, -0.1) is 28.1 Å². The Morgan fingerprint density at radius 3 is 2.83 bits per heavy atom. The number of anilines is 1. The second kappa shape index (κ2) is 9.68. The Kier molecular flexibility index (Phi) is 7.01. The molecule has 0 aliphatic carbocycles. The van der Waals surface area contributed by atoms with E-state index in [0.717, 1.165) is 16.0 Å². The van der Waals surface area contributed by atoms with E-state index in [2.05, 4.69) is 27.1 Å². The maximum atomic E-state index is 12.6. The van der Waals surface area contributed by atoms with Gasteiger partial charge < -0.3 is 10.1 Å². The summed E-state index contributed by atoms with van der Waals surface area (Å²) in [4.78, 5) is 29.7. The zero-order valence-electron chi connectivity index (χ0n) is 16.8. The number of ether oxygens (including phenoxy) is 1. The lowest BCUT2D eigenvalue weighted by molar-refractivity contribution is -0.113. The normalized spacial score (nSPS) is 10.6. The van der Waals surface area contributed by atoms with Crippen molar-refractivity contribution in [2.24, 2.45) is 0 Å². The minimum atomic E-state index is -0.466. The fourth-order valence-corrected chi connectivity index (χ4v) is 4.57. The number of allylic oxidation sites excluding steroid dienone is 1. The molecule has 156 valence electrons. The van der Waals surface area contributed by atoms with Gasteiger partial charge in [0.15, 0.2) is 11.0 Å². The first-order chi connectivity index (χ1) is 14.5. The van der Waals surface area contributed by atoms with Gasteiger partial charge in [-0.25, -0.2) is 4.79 Å². The smallest absolute Gasteiger partial charge is 0.341 e. The zero-order chi connectivity index (χ0) is 21.7. The van der Waals surface area contributed by atoms with Crippen LogP contribution in [-0.2, 0) is 16.1 Å². The highest BCUT2D eigenvalue weighted by molar-refractivity contribution is 7.99. The van der Waals surface area contributed by atoms with E-state index in [9.17, 15) is 9.59 Å². The molecule has 3 rings (SSSR count). The molecule has 0 unspecified atom stereocenters. The van der Waals surface area contributed by atoms with Gasteiger partial charge in [0.05, 0.1) is 18.4 Å². The van der Waals surface area contributed by atoms with Crippen LogP contribution in [0, 0.1) is 13.8 Å². The average Bonchev–Trinajstić information content (AvgIpc) is 3.27. The SMILES string of the molecule is C=CCn1c(SCC(=O)Nc2sc(C)c(C)c2C(=O)OC)nnc1-c1cccnc1. The zero-order valence-corrected chi connectivity index (χ0v) is 18.5. The number of nitrogens with zero attached hydrogens (tertiary/aromatic N) is 4. The van der Waals surface area contributed by atoms with Gasteiger partial charge in [-0.1, -0.05) is 17.8 Å². The summed E-state index contributed by atoms with van der Waals surface area (Å²) in [5, 5.41) is 12.4. The number of nitrogens with one attached hydrogen (secondary N) is 1. The summed E-state index contributed by atoms with van der Waals surface area (Å²) in [6.45, 7) is 8.01. The van der Waals surface area contributed by atoms with Crippen LogP contribution in [0.5, 0.6) is 0 Å². The highest BCUT2D eigenvalue weighted by atomic mass is 32.2. The second-order valence-corrected chi connectivity index (χ2v) is 8.43. The van der Waals surface area contributed by atoms with Crippen LogP contribution in [0.2, 0.25) is 0 Å². The van der Waals surface area contributed by atoms with Crippen LogP contribution in [0.4, 0.5) is 5.00 Å². The lowest BCUT2D eigenvalue weighted by atomic mass is 10.1. The number of methoxy groups -OCH3 is 1. The van der Waals surface area contributed by atoms with Crippen molar-refractivity contribution in [1.29, 1.82) is 0 Å². The Bertz CT molecular complexity index is 1080. The maximum absolute atomic E-state index is 12.6. The Morgan fingerprint density at radius 1 is 1.37 bits per heavy atom. The maximum Gasteiger partial charge on any atom is 0.341 e. The second-order valence-electron chi connectivity index (χ2n) is 6.26. The summed E-state index contributed by atoms with van der Waals surface area (Å²) in [6, 6.07) is 3.72. The van der Waals surface area contributed by atoms with E-state index in [1.54, 1.807) is 18.5 Å². The number of amides is 1. The average molecular weight is 444 g/mol. The van der Waals surface area contributed by atoms with Crippen molar-refractivity contribution in [3.63, 3.8) is 0 Å². The highest BCUT2D eigenvalue weighted by Crippen LogP contribution is 2.33. The van der Waals surface area contributed by atoms with Crippen LogP contribution in [0.15, 0.2) is 42.3 Å². The summed E-state index contributed by atoms with van der Waals surface area (Å²) in [6.07, 6.45) is 5.14. The van der Waals surface area contributed by atoms with Crippen LogP contribution < -0.4 is 5.32 Å². The molecule has 0 fully saturated rings. The number of esters is 1. The predicted molar refractivity (Wildman–Crippen MR) is 118 cm³/mol. The van der Waals surface area contributed by atoms with Crippen LogP contribution in [0.1, 0.15) is 20.8 Å². The molecule has 0 spiro atoms. The molecule has 3 aromatic heterocycles. The van der Waals surface area contributed by atoms with Gasteiger partial charge in [-0.2, -0.15) is 0 Å². The van der Waals surface area contributed by atoms with Crippen LogP contribution in [0.25, 0.3) is 11.4 Å². The van der Waals surface area contributed by atoms with Crippen molar-refractivity contribution in [2.75, 3.05) is 18.2 Å². The number of aromatic nitrogens is 4. The standard InChI is InChI=1S/C20H21N5O3S2/c1-5-9-25-17(14-7-6-8-21-10-14)23-24-20(25)29-11-15(26)22-18-16(19(27)28-4)12(2)13(3)30-18/h5-8,10H,1,9,11H2,2-4H3,(H,22,26). The Hall–Kier alpha value is -2.98. The fraction of sp³-hybridized carbons (Fsp3) is 0.250. The molecule has 0 saturated heterocycles. The third kappa shape index (κ3) is 4.60. The van der Waals surface area contributed by atoms with Crippen molar-refractivity contribution in [3.8, 4) is 11.4 Å². The van der Waals surface area contributed by atoms with Gasteiger partial charge in [-0.05, 0) is 31.5 Å². The summed E-state index contributed by atoms with van der Waals surface area (Å²) in [5.41, 5.74) is 2.03. The molecule has 1 N–H and O–H groups in total. The van der Waals surface area contributed by atoms with Gasteiger partial charge in [0, 0.05) is 29.4 Å². The number of hydrogen-bond acceptors (Lipinski definition) is 8. The molecule has 30 heavy (non-hydrogen) atoms. The molecule has 10 heteroatoms. The summed E-state index contributed by atoms with van der Waals surface area (Å²) < 4.78 is 6.72. The number of aryl methyl sites for hydroxylation is 1. The Labute approximate surface area is 182 Å². The molecule has 0 aliphatic heterocycles. The van der Waals surface area contributed by atoms with E-state index in [0.29, 0.717) is 28.1 Å². The number of carbonyl (C=O) groups is 2. The van der Waals surface area contributed by atoms with Gasteiger partial charge in [0.2, 0.25) is 5.91 Å². The monoisotopic (exact) mass is 443 g/mol. The minimum Gasteiger partial charge on any atom is -0.465 e. The van der Waals surface area contributed by atoms with E-state index in [-0.39, 0.29) is 11.7 Å². The van der Waals surface area contributed by atoms with Crippen LogP contribution >= 0.6 is 23.1 Å². The lowest BCUT2D eigenvalue weighted by Crippen LogP contribution is -2.16. The lowest BCUT2D eigenvalue weighted by Gasteiger charge is -2.08. The Morgan fingerprint density at radius 2 is 2.17 bits per heavy atom. The summed E-state index contributed by atoms with van der Waals surface area (Å²) in [7, 11) is 1.32. The number of rotatable bonds is 8. The first-order valence-electron chi connectivity index (χ1n) is 9.01. The topological polar surface area (TPSA) is 99.0 Å². The number of carbonyl (C=O) groups excluding carboxylic acids is 2. The molecule has 1 amide bonds. The van der Waals surface area contributed by atoms with E-state index in [1.165, 1.54) is 30.2 Å². The van der Waals surface area contributed by atoms with Crippen LogP contribution in [0.3, 0.4) is 0 Å². The van der Waals surface area contributed by atoms with E-state index in [1.807, 2.05) is 30.5 Å². The molecule has 3 aromatic rings. The molecule has 0 bridgehead atoms. The van der Waals surface area contributed by atoms with Crippen LogP contribution in [-0.4, -0.2) is 44.5 Å². The number of thiophene rings is 1.